The number of aliphatic carboxylic acids is 1. The van der Waals surface area contributed by atoms with Crippen molar-refractivity contribution in [2.24, 2.45) is 0 Å². The number of hydrogen-bond acceptors (Lipinski definition) is 4. The molecule has 0 saturated carbocycles. The van der Waals surface area contributed by atoms with Gasteiger partial charge in [-0.3, -0.25) is 14.5 Å². The van der Waals surface area contributed by atoms with Gasteiger partial charge in [-0.05, 0) is 6.92 Å². The molecule has 0 aromatic heterocycles. The summed E-state index contributed by atoms with van der Waals surface area (Å²) >= 11 is 0. The van der Waals surface area contributed by atoms with Crippen molar-refractivity contribution in [3.8, 4) is 0 Å². The van der Waals surface area contributed by atoms with Crippen LogP contribution in [0.1, 0.15) is 6.92 Å². The maximum absolute atomic E-state index is 11.9. The number of hydrogen-bond donors (Lipinski definition) is 2. The summed E-state index contributed by atoms with van der Waals surface area (Å²) in [6.07, 6.45) is 0. The second-order valence-corrected chi connectivity index (χ2v) is 4.20. The summed E-state index contributed by atoms with van der Waals surface area (Å²) in [5.41, 5.74) is 0. The topological polar surface area (TPSA) is 72.9 Å². The van der Waals surface area contributed by atoms with E-state index >= 15 is 0 Å². The number of carbonyl (C=O) groups excluding carboxylic acids is 1. The zero-order valence-electron chi connectivity index (χ0n) is 9.93. The molecule has 0 spiro atoms. The van der Waals surface area contributed by atoms with E-state index in [-0.39, 0.29) is 11.9 Å². The average Bonchev–Trinajstić information content (AvgIpc) is 2.26. The summed E-state index contributed by atoms with van der Waals surface area (Å²) < 4.78 is 0. The molecule has 1 rings (SSSR count). The Hall–Kier alpha value is -1.14. The van der Waals surface area contributed by atoms with E-state index in [1.54, 1.807) is 25.9 Å². The molecule has 1 heterocycles. The first kappa shape index (κ1) is 12.9. The normalized spacial score (nSPS) is 23.8. The monoisotopic (exact) mass is 229 g/mol. The minimum Gasteiger partial charge on any atom is -0.480 e. The van der Waals surface area contributed by atoms with Gasteiger partial charge in [0.2, 0.25) is 5.91 Å². The van der Waals surface area contributed by atoms with Crippen LogP contribution in [0.5, 0.6) is 0 Å². The molecular weight excluding hydrogens is 210 g/mol. The predicted molar refractivity (Wildman–Crippen MR) is 59.2 cm³/mol. The fourth-order valence-corrected chi connectivity index (χ4v) is 1.85. The molecule has 2 unspecified atom stereocenters. The van der Waals surface area contributed by atoms with E-state index in [1.165, 1.54) is 4.90 Å². The number of nitrogens with zero attached hydrogens (tertiary/aromatic N) is 2. The van der Waals surface area contributed by atoms with Crippen molar-refractivity contribution >= 4 is 11.9 Å². The van der Waals surface area contributed by atoms with Crippen molar-refractivity contribution in [2.45, 2.75) is 19.0 Å². The molecule has 0 aliphatic carbocycles. The zero-order chi connectivity index (χ0) is 12.3. The molecule has 1 fully saturated rings. The molecule has 6 nitrogen and oxygen atoms in total. The molecule has 0 aromatic rings. The van der Waals surface area contributed by atoms with Crippen molar-refractivity contribution in [2.75, 3.05) is 33.7 Å². The van der Waals surface area contributed by atoms with Crippen LogP contribution < -0.4 is 5.32 Å². The third-order valence-electron chi connectivity index (χ3n) is 2.87. The van der Waals surface area contributed by atoms with E-state index in [9.17, 15) is 9.59 Å². The third-order valence-corrected chi connectivity index (χ3v) is 2.87. The Morgan fingerprint density at radius 3 is 2.62 bits per heavy atom. The number of carboxylic acids is 1. The number of rotatable bonds is 3. The van der Waals surface area contributed by atoms with Crippen molar-refractivity contribution in [1.82, 2.24) is 15.1 Å². The van der Waals surface area contributed by atoms with Crippen molar-refractivity contribution in [3.63, 3.8) is 0 Å². The van der Waals surface area contributed by atoms with E-state index in [2.05, 4.69) is 5.32 Å². The van der Waals surface area contributed by atoms with Gasteiger partial charge in [0, 0.05) is 33.7 Å². The molecule has 1 aliphatic heterocycles. The molecule has 2 N–H and O–H groups in total. The van der Waals surface area contributed by atoms with Gasteiger partial charge in [-0.2, -0.15) is 0 Å². The second kappa shape index (κ2) is 5.27. The number of carbonyl (C=O) groups is 2. The summed E-state index contributed by atoms with van der Waals surface area (Å²) in [5.74, 6) is -0.946. The van der Waals surface area contributed by atoms with E-state index in [1.807, 2.05) is 0 Å². The third kappa shape index (κ3) is 2.70. The average molecular weight is 229 g/mol. The summed E-state index contributed by atoms with van der Waals surface area (Å²) in [4.78, 5) is 26.1. The molecule has 6 heteroatoms. The molecule has 0 aromatic carbocycles. The first-order valence-electron chi connectivity index (χ1n) is 5.35. The van der Waals surface area contributed by atoms with Crippen LogP contribution in [0.15, 0.2) is 0 Å². The molecule has 1 amide bonds. The minimum atomic E-state index is -0.890. The molecule has 0 bridgehead atoms. The Kier molecular flexibility index (Phi) is 4.26. The van der Waals surface area contributed by atoms with Gasteiger partial charge in [0.15, 0.2) is 0 Å². The number of carboxylic acid groups (broad SMARTS) is 1. The van der Waals surface area contributed by atoms with Crippen LogP contribution in [0.4, 0.5) is 0 Å². The molecule has 1 aliphatic rings. The Morgan fingerprint density at radius 2 is 2.12 bits per heavy atom. The van der Waals surface area contributed by atoms with Gasteiger partial charge in [-0.25, -0.2) is 0 Å². The minimum absolute atomic E-state index is 0.0553. The number of amides is 1. The lowest BCUT2D eigenvalue weighted by Gasteiger charge is -2.38. The van der Waals surface area contributed by atoms with Crippen molar-refractivity contribution < 1.29 is 14.7 Å². The molecule has 0 radical (unpaired) electrons. The highest BCUT2D eigenvalue weighted by atomic mass is 16.4. The first-order valence-corrected chi connectivity index (χ1v) is 5.35. The zero-order valence-corrected chi connectivity index (χ0v) is 9.93. The largest absolute Gasteiger partial charge is 0.480 e. The van der Waals surface area contributed by atoms with Crippen LogP contribution >= 0.6 is 0 Å². The van der Waals surface area contributed by atoms with Gasteiger partial charge >= 0.3 is 5.97 Å². The fourth-order valence-electron chi connectivity index (χ4n) is 1.85. The van der Waals surface area contributed by atoms with Gasteiger partial charge in [0.1, 0.15) is 12.1 Å². The summed E-state index contributed by atoms with van der Waals surface area (Å²) in [7, 11) is 3.36. The quantitative estimate of drug-likeness (QED) is 0.637. The van der Waals surface area contributed by atoms with E-state index in [4.69, 9.17) is 5.11 Å². The van der Waals surface area contributed by atoms with E-state index in [0.29, 0.717) is 13.1 Å². The van der Waals surface area contributed by atoms with Gasteiger partial charge < -0.3 is 15.3 Å². The molecule has 2 atom stereocenters. The number of piperazine rings is 1. The summed E-state index contributed by atoms with van der Waals surface area (Å²) in [5, 5.41) is 12.1. The summed E-state index contributed by atoms with van der Waals surface area (Å²) in [6.45, 7) is 3.42. The van der Waals surface area contributed by atoms with Gasteiger partial charge in [-0.1, -0.05) is 0 Å². The number of likely N-dealkylation sites (N-methyl/N-ethyl adjacent to an activating group) is 1. The van der Waals surface area contributed by atoms with Crippen LogP contribution in [0.25, 0.3) is 0 Å². The predicted octanol–water partition coefficient (Wildman–Crippen LogP) is -1.18. The molecule has 16 heavy (non-hydrogen) atoms. The van der Waals surface area contributed by atoms with Crippen LogP contribution in [0.2, 0.25) is 0 Å². The SMILES string of the molecule is CC(C(=O)O)N1CCNCC1C(=O)N(C)C. The van der Waals surface area contributed by atoms with Crippen molar-refractivity contribution in [3.05, 3.63) is 0 Å². The highest BCUT2D eigenvalue weighted by Crippen LogP contribution is 2.10. The van der Waals surface area contributed by atoms with Crippen LogP contribution in [-0.4, -0.2) is 72.6 Å². The van der Waals surface area contributed by atoms with Gasteiger partial charge in [0.05, 0.1) is 0 Å². The molecular formula is C10H19N3O3. The van der Waals surface area contributed by atoms with Crippen LogP contribution in [-0.2, 0) is 9.59 Å². The second-order valence-electron chi connectivity index (χ2n) is 4.20. The maximum Gasteiger partial charge on any atom is 0.320 e. The Labute approximate surface area is 95.2 Å². The lowest BCUT2D eigenvalue weighted by molar-refractivity contribution is -0.147. The van der Waals surface area contributed by atoms with Gasteiger partial charge in [0.25, 0.3) is 0 Å². The number of nitrogens with one attached hydrogen (secondary N) is 1. The molecule has 92 valence electrons. The smallest absolute Gasteiger partial charge is 0.320 e. The summed E-state index contributed by atoms with van der Waals surface area (Å²) in [6, 6.07) is -1.01. The van der Waals surface area contributed by atoms with Crippen LogP contribution in [0, 0.1) is 0 Å². The molecule has 1 saturated heterocycles. The first-order chi connectivity index (χ1) is 7.45. The standard InChI is InChI=1S/C10H19N3O3/c1-7(10(15)16)13-5-4-11-6-8(13)9(14)12(2)3/h7-8,11H,4-6H2,1-3H3,(H,15,16). The fraction of sp³-hybridized carbons (Fsp3) is 0.800. The van der Waals surface area contributed by atoms with Gasteiger partial charge in [-0.15, -0.1) is 0 Å². The lowest BCUT2D eigenvalue weighted by Crippen LogP contribution is -2.61. The maximum atomic E-state index is 11.9. The Bertz CT molecular complexity index is 280. The van der Waals surface area contributed by atoms with E-state index in [0.717, 1.165) is 6.54 Å². The highest BCUT2D eigenvalue weighted by molar-refractivity contribution is 5.83. The highest BCUT2D eigenvalue weighted by Gasteiger charge is 2.35. The Balaban J connectivity index is 2.78. The van der Waals surface area contributed by atoms with Crippen molar-refractivity contribution in [1.29, 1.82) is 0 Å². The lowest BCUT2D eigenvalue weighted by atomic mass is 10.1. The van der Waals surface area contributed by atoms with E-state index < -0.39 is 12.0 Å². The Morgan fingerprint density at radius 1 is 1.50 bits per heavy atom. The van der Waals surface area contributed by atoms with Crippen LogP contribution in [0.3, 0.4) is 0 Å².